The molecule has 0 aliphatic carbocycles. The maximum atomic E-state index is 12.6. The zero-order chi connectivity index (χ0) is 17.6. The van der Waals surface area contributed by atoms with Gasteiger partial charge in [-0.1, -0.05) is 0 Å². The summed E-state index contributed by atoms with van der Waals surface area (Å²) >= 11 is 0. The number of hydrogen-bond acceptors (Lipinski definition) is 6. The van der Waals surface area contributed by atoms with Gasteiger partial charge < -0.3 is 14.1 Å². The van der Waals surface area contributed by atoms with E-state index in [2.05, 4.69) is 14.6 Å². The molecular weight excluding hydrogens is 322 g/mol. The van der Waals surface area contributed by atoms with Gasteiger partial charge in [0.05, 0.1) is 25.5 Å². The van der Waals surface area contributed by atoms with E-state index in [4.69, 9.17) is 4.42 Å². The number of pyridine rings is 1. The van der Waals surface area contributed by atoms with Crippen molar-refractivity contribution in [1.82, 2.24) is 14.8 Å². The van der Waals surface area contributed by atoms with Crippen LogP contribution in [0.1, 0.15) is 33.0 Å². The third kappa shape index (κ3) is 4.24. The van der Waals surface area contributed by atoms with Gasteiger partial charge in [-0.3, -0.25) is 14.7 Å². The standard InChI is InChI=1S/C18H21N3O4/c1-24-18(23)14-5-6-16(19-12-14)17(22)21-8-3-7-20(9-10-21)13-15-4-2-11-25-15/h2,4-6,11-12H,3,7-10,13H2,1H3. The summed E-state index contributed by atoms with van der Waals surface area (Å²) in [5.41, 5.74) is 0.673. The van der Waals surface area contributed by atoms with Crippen molar-refractivity contribution >= 4 is 11.9 Å². The molecule has 3 heterocycles. The number of hydrogen-bond donors (Lipinski definition) is 0. The van der Waals surface area contributed by atoms with Gasteiger partial charge in [0.15, 0.2) is 0 Å². The number of esters is 1. The SMILES string of the molecule is COC(=O)c1ccc(C(=O)N2CCCN(Cc3ccco3)CC2)nc1. The maximum Gasteiger partial charge on any atom is 0.339 e. The second-order valence-electron chi connectivity index (χ2n) is 5.92. The predicted molar refractivity (Wildman–Crippen MR) is 90.1 cm³/mol. The van der Waals surface area contributed by atoms with Crippen LogP contribution in [0.15, 0.2) is 41.1 Å². The van der Waals surface area contributed by atoms with E-state index >= 15 is 0 Å². The van der Waals surface area contributed by atoms with Crippen molar-refractivity contribution in [2.45, 2.75) is 13.0 Å². The molecule has 7 heteroatoms. The van der Waals surface area contributed by atoms with Crippen LogP contribution < -0.4 is 0 Å². The van der Waals surface area contributed by atoms with Crippen LogP contribution >= 0.6 is 0 Å². The van der Waals surface area contributed by atoms with Crippen LogP contribution in [0.3, 0.4) is 0 Å². The van der Waals surface area contributed by atoms with Gasteiger partial charge in [-0.05, 0) is 30.7 Å². The third-order valence-electron chi connectivity index (χ3n) is 4.24. The highest BCUT2D eigenvalue weighted by atomic mass is 16.5. The van der Waals surface area contributed by atoms with Crippen molar-refractivity contribution in [2.75, 3.05) is 33.3 Å². The number of methoxy groups -OCH3 is 1. The lowest BCUT2D eigenvalue weighted by atomic mass is 10.2. The molecular formula is C18H21N3O4. The molecule has 0 spiro atoms. The molecule has 3 rings (SSSR count). The summed E-state index contributed by atoms with van der Waals surface area (Å²) in [6.07, 6.45) is 3.94. The van der Waals surface area contributed by atoms with Gasteiger partial charge in [0.25, 0.3) is 5.91 Å². The van der Waals surface area contributed by atoms with E-state index < -0.39 is 5.97 Å². The summed E-state index contributed by atoms with van der Waals surface area (Å²) in [4.78, 5) is 32.3. The van der Waals surface area contributed by atoms with E-state index in [9.17, 15) is 9.59 Å². The summed E-state index contributed by atoms with van der Waals surface area (Å²) in [7, 11) is 1.31. The van der Waals surface area contributed by atoms with Crippen molar-refractivity contribution in [2.24, 2.45) is 0 Å². The number of rotatable bonds is 4. The number of ether oxygens (including phenoxy) is 1. The second-order valence-corrected chi connectivity index (χ2v) is 5.92. The Morgan fingerprint density at radius 3 is 2.76 bits per heavy atom. The van der Waals surface area contributed by atoms with Crippen LogP contribution in [-0.4, -0.2) is 59.9 Å². The number of carbonyl (C=O) groups is 2. The molecule has 2 aromatic rings. The zero-order valence-corrected chi connectivity index (χ0v) is 14.2. The van der Waals surface area contributed by atoms with Gasteiger partial charge in [-0.15, -0.1) is 0 Å². The first-order valence-electron chi connectivity index (χ1n) is 8.26. The minimum Gasteiger partial charge on any atom is -0.468 e. The quantitative estimate of drug-likeness (QED) is 0.788. The number of nitrogens with zero attached hydrogens (tertiary/aromatic N) is 3. The van der Waals surface area contributed by atoms with Crippen molar-refractivity contribution in [3.05, 3.63) is 53.7 Å². The largest absolute Gasteiger partial charge is 0.468 e. The lowest BCUT2D eigenvalue weighted by molar-refractivity contribution is 0.0599. The molecule has 132 valence electrons. The predicted octanol–water partition coefficient (Wildman–Crippen LogP) is 1.81. The topological polar surface area (TPSA) is 75.9 Å². The van der Waals surface area contributed by atoms with Gasteiger partial charge in [-0.25, -0.2) is 4.79 Å². The van der Waals surface area contributed by atoms with Crippen LogP contribution in [-0.2, 0) is 11.3 Å². The molecule has 0 N–H and O–H groups in total. The highest BCUT2D eigenvalue weighted by Crippen LogP contribution is 2.12. The fourth-order valence-electron chi connectivity index (χ4n) is 2.88. The Morgan fingerprint density at radius 1 is 1.20 bits per heavy atom. The molecule has 0 saturated carbocycles. The minimum atomic E-state index is -0.463. The maximum absolute atomic E-state index is 12.6. The van der Waals surface area contributed by atoms with Gasteiger partial charge in [0.2, 0.25) is 0 Å². The number of carbonyl (C=O) groups excluding carboxylic acids is 2. The van der Waals surface area contributed by atoms with E-state index in [0.29, 0.717) is 24.3 Å². The molecule has 0 radical (unpaired) electrons. The lowest BCUT2D eigenvalue weighted by Gasteiger charge is -2.21. The average molecular weight is 343 g/mol. The van der Waals surface area contributed by atoms with E-state index in [-0.39, 0.29) is 5.91 Å². The first kappa shape index (κ1) is 17.2. The molecule has 0 aromatic carbocycles. The van der Waals surface area contributed by atoms with E-state index in [1.54, 1.807) is 18.4 Å². The summed E-state index contributed by atoms with van der Waals surface area (Å²) in [6.45, 7) is 3.78. The lowest BCUT2D eigenvalue weighted by Crippen LogP contribution is -2.35. The summed E-state index contributed by atoms with van der Waals surface area (Å²) in [6, 6.07) is 6.97. The Hall–Kier alpha value is -2.67. The molecule has 7 nitrogen and oxygen atoms in total. The minimum absolute atomic E-state index is 0.115. The highest BCUT2D eigenvalue weighted by Gasteiger charge is 2.22. The van der Waals surface area contributed by atoms with Crippen LogP contribution in [0.4, 0.5) is 0 Å². The number of aromatic nitrogens is 1. The van der Waals surface area contributed by atoms with E-state index in [1.807, 2.05) is 17.0 Å². The fraction of sp³-hybridized carbons (Fsp3) is 0.389. The monoisotopic (exact) mass is 343 g/mol. The first-order valence-corrected chi connectivity index (χ1v) is 8.26. The first-order chi connectivity index (χ1) is 12.2. The Kier molecular flexibility index (Phi) is 5.45. The third-order valence-corrected chi connectivity index (χ3v) is 4.24. The molecule has 0 unspecified atom stereocenters. The van der Waals surface area contributed by atoms with Gasteiger partial charge in [0, 0.05) is 32.4 Å². The molecule has 1 aliphatic rings. The Labute approximate surface area is 146 Å². The smallest absolute Gasteiger partial charge is 0.339 e. The summed E-state index contributed by atoms with van der Waals surface area (Å²) in [5, 5.41) is 0. The number of amides is 1. The molecule has 2 aromatic heterocycles. The second kappa shape index (κ2) is 7.94. The molecule has 1 amide bonds. The van der Waals surface area contributed by atoms with Crippen molar-refractivity contribution in [3.8, 4) is 0 Å². The normalized spacial score (nSPS) is 15.6. The Balaban J connectivity index is 1.60. The van der Waals surface area contributed by atoms with Crippen molar-refractivity contribution < 1.29 is 18.7 Å². The van der Waals surface area contributed by atoms with Gasteiger partial charge in [-0.2, -0.15) is 0 Å². The zero-order valence-electron chi connectivity index (χ0n) is 14.2. The van der Waals surface area contributed by atoms with Crippen LogP contribution in [0.2, 0.25) is 0 Å². The van der Waals surface area contributed by atoms with Gasteiger partial charge in [0.1, 0.15) is 11.5 Å². The van der Waals surface area contributed by atoms with Gasteiger partial charge >= 0.3 is 5.97 Å². The van der Waals surface area contributed by atoms with Crippen LogP contribution in [0.5, 0.6) is 0 Å². The van der Waals surface area contributed by atoms with E-state index in [1.165, 1.54) is 13.3 Å². The Morgan fingerprint density at radius 2 is 2.08 bits per heavy atom. The van der Waals surface area contributed by atoms with E-state index in [0.717, 1.165) is 31.8 Å². The number of furan rings is 1. The molecule has 1 fully saturated rings. The molecule has 1 saturated heterocycles. The fourth-order valence-corrected chi connectivity index (χ4v) is 2.88. The van der Waals surface area contributed by atoms with Crippen LogP contribution in [0.25, 0.3) is 0 Å². The Bertz CT molecular complexity index is 712. The molecule has 25 heavy (non-hydrogen) atoms. The molecule has 0 atom stereocenters. The molecule has 1 aliphatic heterocycles. The highest BCUT2D eigenvalue weighted by molar-refractivity contribution is 5.94. The average Bonchev–Trinajstić information content (AvgIpc) is 3.05. The molecule has 0 bridgehead atoms. The van der Waals surface area contributed by atoms with Crippen molar-refractivity contribution in [3.63, 3.8) is 0 Å². The van der Waals surface area contributed by atoms with Crippen molar-refractivity contribution in [1.29, 1.82) is 0 Å². The summed E-state index contributed by atoms with van der Waals surface area (Å²) in [5.74, 6) is 0.353. The summed E-state index contributed by atoms with van der Waals surface area (Å²) < 4.78 is 10.0. The van der Waals surface area contributed by atoms with Crippen LogP contribution in [0, 0.1) is 0 Å².